The summed E-state index contributed by atoms with van der Waals surface area (Å²) in [4.78, 5) is 4.64. The van der Waals surface area contributed by atoms with Crippen LogP contribution in [-0.4, -0.2) is 0 Å². The van der Waals surface area contributed by atoms with Gasteiger partial charge in [-0.05, 0) is 156 Å². The molecule has 11 aromatic rings. The molecule has 0 unspecified atom stereocenters. The number of para-hydroxylation sites is 3. The minimum atomic E-state index is 0.928. The highest BCUT2D eigenvalue weighted by atomic mass is 15.1. The fourth-order valence-corrected chi connectivity index (χ4v) is 8.87. The number of hydrogen-bond acceptors (Lipinski definition) is 2. The molecule has 0 atom stereocenters. The standard InChI is InChI=1S/C58H38N2/c1-5-21-47(22-6-1)59(48-23-7-2-8-24-48)51-33-35-53-55(39-51)57(45-31-29-41-17-13-15-19-43(41)37-45)54-36-34-52(60(49-25-9-3-10-26-49)50-27-11-4-12-28-50)40-56(54)58(53)46-32-30-42-18-14-16-20-44(42)38-46/h1-11,13-27,29-40H. The molecule has 0 fully saturated rings. The first kappa shape index (κ1) is 35.1. The van der Waals surface area contributed by atoms with Crippen molar-refractivity contribution in [3.8, 4) is 22.3 Å². The van der Waals surface area contributed by atoms with Crippen molar-refractivity contribution in [1.29, 1.82) is 0 Å². The van der Waals surface area contributed by atoms with Gasteiger partial charge in [-0.25, -0.2) is 0 Å². The van der Waals surface area contributed by atoms with E-state index in [0.717, 1.165) is 34.1 Å². The lowest BCUT2D eigenvalue weighted by molar-refractivity contribution is 1.29. The van der Waals surface area contributed by atoms with E-state index in [4.69, 9.17) is 0 Å². The van der Waals surface area contributed by atoms with Crippen LogP contribution in [0.4, 0.5) is 34.1 Å². The minimum absolute atomic E-state index is 0.928. The third-order valence-corrected chi connectivity index (χ3v) is 11.6. The van der Waals surface area contributed by atoms with E-state index in [-0.39, 0.29) is 0 Å². The highest BCUT2D eigenvalue weighted by Crippen LogP contribution is 2.48. The maximum absolute atomic E-state index is 3.40. The first-order valence-corrected chi connectivity index (χ1v) is 20.4. The minimum Gasteiger partial charge on any atom is -0.310 e. The fraction of sp³-hybridized carbons (Fsp3) is 0. The molecular formula is C58H38N2. The second-order valence-corrected chi connectivity index (χ2v) is 15.2. The van der Waals surface area contributed by atoms with E-state index in [1.54, 1.807) is 0 Å². The molecule has 0 spiro atoms. The van der Waals surface area contributed by atoms with Crippen LogP contribution in [0.25, 0.3) is 65.3 Å². The molecule has 0 saturated heterocycles. The first-order chi connectivity index (χ1) is 29.8. The average molecular weight is 763 g/mol. The van der Waals surface area contributed by atoms with Gasteiger partial charge in [0.1, 0.15) is 0 Å². The predicted molar refractivity (Wildman–Crippen MR) is 254 cm³/mol. The van der Waals surface area contributed by atoms with Crippen LogP contribution in [0.1, 0.15) is 0 Å². The zero-order valence-corrected chi connectivity index (χ0v) is 32.8. The zero-order valence-electron chi connectivity index (χ0n) is 32.8. The Hall–Kier alpha value is -8.12. The molecule has 2 heteroatoms. The topological polar surface area (TPSA) is 6.48 Å². The van der Waals surface area contributed by atoms with Gasteiger partial charge in [-0.3, -0.25) is 0 Å². The highest BCUT2D eigenvalue weighted by Gasteiger charge is 2.22. The van der Waals surface area contributed by atoms with E-state index in [0.29, 0.717) is 0 Å². The molecular weight excluding hydrogens is 725 g/mol. The lowest BCUT2D eigenvalue weighted by atomic mass is 9.84. The van der Waals surface area contributed by atoms with Crippen molar-refractivity contribution >= 4 is 77.2 Å². The van der Waals surface area contributed by atoms with E-state index >= 15 is 0 Å². The maximum atomic E-state index is 3.40. The Balaban J connectivity index is 1.27. The molecule has 0 heterocycles. The van der Waals surface area contributed by atoms with Crippen LogP contribution in [-0.2, 0) is 0 Å². The number of benzene rings is 10. The van der Waals surface area contributed by atoms with Gasteiger partial charge in [-0.1, -0.05) is 152 Å². The van der Waals surface area contributed by atoms with Gasteiger partial charge in [0.2, 0.25) is 0 Å². The van der Waals surface area contributed by atoms with Crippen molar-refractivity contribution in [3.63, 3.8) is 0 Å². The summed E-state index contributed by atoms with van der Waals surface area (Å²) in [5.41, 5.74) is 11.1. The molecule has 60 heavy (non-hydrogen) atoms. The molecule has 0 aliphatic heterocycles. The Kier molecular flexibility index (Phi) is 8.77. The number of anilines is 6. The second kappa shape index (κ2) is 15.0. The van der Waals surface area contributed by atoms with E-state index in [2.05, 4.69) is 240 Å². The number of rotatable bonds is 8. The summed E-state index contributed by atoms with van der Waals surface area (Å²) in [6, 6.07) is 89.7. The summed E-state index contributed by atoms with van der Waals surface area (Å²) in [6.07, 6.45) is 0. The lowest BCUT2D eigenvalue weighted by Gasteiger charge is -2.27. The number of fused-ring (bicyclic) bond motifs is 4. The molecule has 0 saturated carbocycles. The molecule has 0 aliphatic carbocycles. The van der Waals surface area contributed by atoms with Crippen LogP contribution < -0.4 is 9.80 Å². The Morgan fingerprint density at radius 1 is 0.283 bits per heavy atom. The maximum Gasteiger partial charge on any atom is 0.0973 e. The summed E-state index contributed by atoms with van der Waals surface area (Å²) in [6.45, 7) is 0. The number of nitrogens with zero attached hydrogens (tertiary/aromatic N) is 2. The Morgan fingerprint density at radius 3 is 1.18 bits per heavy atom. The fourth-order valence-electron chi connectivity index (χ4n) is 8.87. The summed E-state index contributed by atoms with van der Waals surface area (Å²) in [5, 5.41) is 9.60. The van der Waals surface area contributed by atoms with E-state index in [1.165, 1.54) is 65.3 Å². The quantitative estimate of drug-likeness (QED) is 0.142. The van der Waals surface area contributed by atoms with Crippen LogP contribution in [0.2, 0.25) is 0 Å². The van der Waals surface area contributed by atoms with Gasteiger partial charge in [-0.15, -0.1) is 0 Å². The van der Waals surface area contributed by atoms with Crippen LogP contribution >= 0.6 is 0 Å². The van der Waals surface area contributed by atoms with Gasteiger partial charge in [0, 0.05) is 28.4 Å². The smallest absolute Gasteiger partial charge is 0.0973 e. The average Bonchev–Trinajstić information content (AvgIpc) is 3.32. The third kappa shape index (κ3) is 6.27. The molecule has 11 aromatic carbocycles. The van der Waals surface area contributed by atoms with Crippen molar-refractivity contribution < 1.29 is 0 Å². The second-order valence-electron chi connectivity index (χ2n) is 15.2. The summed E-state index contributed by atoms with van der Waals surface area (Å²) < 4.78 is 0. The zero-order chi connectivity index (χ0) is 39.8. The molecule has 0 aromatic heterocycles. The molecule has 0 amide bonds. The summed E-state index contributed by atoms with van der Waals surface area (Å²) in [5.74, 6) is 0. The van der Waals surface area contributed by atoms with Crippen molar-refractivity contribution in [2.24, 2.45) is 0 Å². The van der Waals surface area contributed by atoms with Crippen LogP contribution in [0.5, 0.6) is 0 Å². The van der Waals surface area contributed by atoms with Crippen LogP contribution in [0.3, 0.4) is 0 Å². The first-order valence-electron chi connectivity index (χ1n) is 20.4. The van der Waals surface area contributed by atoms with Crippen molar-refractivity contribution in [1.82, 2.24) is 0 Å². The Morgan fingerprint density at radius 2 is 0.717 bits per heavy atom. The summed E-state index contributed by atoms with van der Waals surface area (Å²) >= 11 is 0. The molecule has 11 rings (SSSR count). The number of hydrogen-bond donors (Lipinski definition) is 0. The van der Waals surface area contributed by atoms with Crippen molar-refractivity contribution in [3.05, 3.63) is 243 Å². The SMILES string of the molecule is c1cccc(N(c2ccccc2)c2ccc3c(-c4ccc5ccccc5c4)c4cc(N(c5ccccc5)c5ccccc5)ccc4c(-c4ccc5ccccc5c4)c3c2)c#1. The van der Waals surface area contributed by atoms with E-state index in [1.807, 2.05) is 12.1 Å². The van der Waals surface area contributed by atoms with Crippen LogP contribution in [0.15, 0.2) is 231 Å². The van der Waals surface area contributed by atoms with Gasteiger partial charge < -0.3 is 9.80 Å². The molecule has 0 bridgehead atoms. The van der Waals surface area contributed by atoms with Crippen molar-refractivity contribution in [2.75, 3.05) is 9.80 Å². The van der Waals surface area contributed by atoms with Crippen molar-refractivity contribution in [2.45, 2.75) is 0 Å². The highest BCUT2D eigenvalue weighted by molar-refractivity contribution is 6.23. The van der Waals surface area contributed by atoms with Gasteiger partial charge >= 0.3 is 0 Å². The van der Waals surface area contributed by atoms with Gasteiger partial charge in [-0.2, -0.15) is 0 Å². The third-order valence-electron chi connectivity index (χ3n) is 11.6. The monoisotopic (exact) mass is 762 g/mol. The van der Waals surface area contributed by atoms with Gasteiger partial charge in [0.25, 0.3) is 0 Å². The lowest BCUT2D eigenvalue weighted by Crippen LogP contribution is -2.10. The normalized spacial score (nSPS) is 11.2. The van der Waals surface area contributed by atoms with E-state index in [9.17, 15) is 0 Å². The predicted octanol–water partition coefficient (Wildman–Crippen LogP) is 16.2. The van der Waals surface area contributed by atoms with Gasteiger partial charge in [0.15, 0.2) is 0 Å². The molecule has 0 aliphatic rings. The Bertz CT molecular complexity index is 3000. The largest absolute Gasteiger partial charge is 0.310 e. The molecule has 280 valence electrons. The van der Waals surface area contributed by atoms with Crippen LogP contribution in [0, 0.1) is 12.1 Å². The molecule has 2 nitrogen and oxygen atoms in total. The summed E-state index contributed by atoms with van der Waals surface area (Å²) in [7, 11) is 0. The van der Waals surface area contributed by atoms with E-state index < -0.39 is 0 Å². The Labute approximate surface area is 350 Å². The molecule has 0 N–H and O–H groups in total. The molecule has 0 radical (unpaired) electrons. The van der Waals surface area contributed by atoms with Gasteiger partial charge in [0.05, 0.1) is 5.69 Å².